The third-order valence-electron chi connectivity index (χ3n) is 6.36. The van der Waals surface area contributed by atoms with Crippen LogP contribution < -0.4 is 15.4 Å². The SMILES string of the molecule is CN1CCC(n2nnc(C(=O)Nc3cccc4c3CCO4)c2C2CCNCC2)C1=O. The Kier molecular flexibility index (Phi) is 4.90. The number of hydrogen-bond acceptors (Lipinski definition) is 6. The van der Waals surface area contributed by atoms with E-state index in [1.165, 1.54) is 0 Å². The number of nitrogens with one attached hydrogen (secondary N) is 2. The standard InChI is InChI=1S/C21H26N6O3/c1-26-11-7-16(21(26)29)27-19(13-5-9-22-10-6-13)18(24-25-27)20(28)23-15-3-2-4-17-14(15)8-12-30-17/h2-4,13,16,22H,5-12H2,1H3,(H,23,28). The number of fused-ring (bicyclic) bond motifs is 1. The number of anilines is 1. The van der Waals surface area contributed by atoms with Gasteiger partial charge >= 0.3 is 0 Å². The molecule has 9 heteroatoms. The van der Waals surface area contributed by atoms with Crippen molar-refractivity contribution >= 4 is 17.5 Å². The van der Waals surface area contributed by atoms with Gasteiger partial charge in [-0.3, -0.25) is 9.59 Å². The van der Waals surface area contributed by atoms with Crippen molar-refractivity contribution in [2.24, 2.45) is 0 Å². The van der Waals surface area contributed by atoms with Crippen LogP contribution in [0.4, 0.5) is 5.69 Å². The van der Waals surface area contributed by atoms with Crippen molar-refractivity contribution in [1.29, 1.82) is 0 Å². The topological polar surface area (TPSA) is 101 Å². The van der Waals surface area contributed by atoms with E-state index < -0.39 is 0 Å². The predicted octanol–water partition coefficient (Wildman–Crippen LogP) is 1.34. The Morgan fingerprint density at radius 2 is 2.10 bits per heavy atom. The highest BCUT2D eigenvalue weighted by molar-refractivity contribution is 6.04. The fraction of sp³-hybridized carbons (Fsp3) is 0.524. The number of ether oxygens (including phenoxy) is 1. The molecule has 9 nitrogen and oxygen atoms in total. The van der Waals surface area contributed by atoms with Crippen molar-refractivity contribution < 1.29 is 14.3 Å². The van der Waals surface area contributed by atoms with E-state index in [9.17, 15) is 9.59 Å². The first-order chi connectivity index (χ1) is 14.6. The number of likely N-dealkylation sites (N-methyl/N-ethyl adjacent to an activating group) is 1. The Hall–Kier alpha value is -2.94. The lowest BCUT2D eigenvalue weighted by Gasteiger charge is -2.25. The zero-order valence-electron chi connectivity index (χ0n) is 17.1. The van der Waals surface area contributed by atoms with E-state index in [1.807, 2.05) is 18.2 Å². The number of rotatable bonds is 4. The average molecular weight is 410 g/mol. The van der Waals surface area contributed by atoms with Crippen LogP contribution in [-0.4, -0.2) is 65.0 Å². The second kappa shape index (κ2) is 7.71. The van der Waals surface area contributed by atoms with Crippen molar-refractivity contribution in [1.82, 2.24) is 25.2 Å². The molecule has 4 heterocycles. The van der Waals surface area contributed by atoms with Crippen molar-refractivity contribution in [2.75, 3.05) is 38.6 Å². The minimum Gasteiger partial charge on any atom is -0.493 e. The van der Waals surface area contributed by atoms with Gasteiger partial charge in [-0.15, -0.1) is 5.10 Å². The smallest absolute Gasteiger partial charge is 0.278 e. The normalized spacial score (nSPS) is 21.6. The van der Waals surface area contributed by atoms with Gasteiger partial charge in [-0.1, -0.05) is 11.3 Å². The van der Waals surface area contributed by atoms with Crippen molar-refractivity contribution in [3.63, 3.8) is 0 Å². The Bertz CT molecular complexity index is 981. The molecule has 2 saturated heterocycles. The average Bonchev–Trinajstić information content (AvgIpc) is 3.48. The van der Waals surface area contributed by atoms with Gasteiger partial charge < -0.3 is 20.3 Å². The van der Waals surface area contributed by atoms with Crippen LogP contribution in [0.1, 0.15) is 53.0 Å². The molecular weight excluding hydrogens is 384 g/mol. The van der Waals surface area contributed by atoms with Crippen molar-refractivity contribution in [3.8, 4) is 5.75 Å². The second-order valence-electron chi connectivity index (χ2n) is 8.19. The van der Waals surface area contributed by atoms with Gasteiger partial charge in [0.05, 0.1) is 12.3 Å². The number of nitrogens with zero attached hydrogens (tertiary/aromatic N) is 4. The maximum absolute atomic E-state index is 13.3. The first-order valence-electron chi connectivity index (χ1n) is 10.6. The van der Waals surface area contributed by atoms with Gasteiger partial charge in [0.1, 0.15) is 11.8 Å². The first kappa shape index (κ1) is 19.0. The zero-order chi connectivity index (χ0) is 20.7. The molecule has 1 aromatic heterocycles. The summed E-state index contributed by atoms with van der Waals surface area (Å²) in [5.74, 6) is 0.703. The molecule has 3 aliphatic heterocycles. The molecule has 2 amide bonds. The Morgan fingerprint density at radius 1 is 1.27 bits per heavy atom. The number of piperidine rings is 1. The molecule has 2 N–H and O–H groups in total. The van der Waals surface area contributed by atoms with Gasteiger partial charge in [-0.25, -0.2) is 4.68 Å². The summed E-state index contributed by atoms with van der Waals surface area (Å²) in [4.78, 5) is 27.6. The van der Waals surface area contributed by atoms with Crippen LogP contribution >= 0.6 is 0 Å². The molecule has 0 aliphatic carbocycles. The van der Waals surface area contributed by atoms with E-state index in [1.54, 1.807) is 16.6 Å². The number of amides is 2. The van der Waals surface area contributed by atoms with E-state index in [0.29, 0.717) is 25.3 Å². The van der Waals surface area contributed by atoms with E-state index in [-0.39, 0.29) is 23.8 Å². The largest absolute Gasteiger partial charge is 0.493 e. The minimum absolute atomic E-state index is 0.0278. The van der Waals surface area contributed by atoms with Crippen molar-refractivity contribution in [2.45, 2.75) is 37.6 Å². The summed E-state index contributed by atoms with van der Waals surface area (Å²) < 4.78 is 7.32. The van der Waals surface area contributed by atoms with Gasteiger partial charge in [0.15, 0.2) is 5.69 Å². The van der Waals surface area contributed by atoms with Gasteiger partial charge in [0, 0.05) is 37.2 Å². The van der Waals surface area contributed by atoms with E-state index >= 15 is 0 Å². The zero-order valence-corrected chi connectivity index (χ0v) is 17.1. The fourth-order valence-electron chi connectivity index (χ4n) is 4.72. The second-order valence-corrected chi connectivity index (χ2v) is 8.19. The van der Waals surface area contributed by atoms with E-state index in [4.69, 9.17) is 4.74 Å². The quantitative estimate of drug-likeness (QED) is 0.789. The summed E-state index contributed by atoms with van der Waals surface area (Å²) in [5, 5.41) is 14.9. The van der Waals surface area contributed by atoms with Crippen LogP contribution in [0.15, 0.2) is 18.2 Å². The molecule has 0 bridgehead atoms. The summed E-state index contributed by atoms with van der Waals surface area (Å²) in [6.07, 6.45) is 3.22. The van der Waals surface area contributed by atoms with Crippen LogP contribution in [0.25, 0.3) is 0 Å². The first-order valence-corrected chi connectivity index (χ1v) is 10.6. The molecule has 0 saturated carbocycles. The molecule has 158 valence electrons. The number of aromatic nitrogens is 3. The van der Waals surface area contributed by atoms with Crippen LogP contribution in [0.5, 0.6) is 5.75 Å². The number of likely N-dealkylation sites (tertiary alicyclic amines) is 1. The lowest BCUT2D eigenvalue weighted by atomic mass is 9.92. The molecular formula is C21H26N6O3. The molecule has 30 heavy (non-hydrogen) atoms. The molecule has 1 atom stereocenters. The Balaban J connectivity index is 1.49. The maximum Gasteiger partial charge on any atom is 0.278 e. The molecule has 5 rings (SSSR count). The third-order valence-corrected chi connectivity index (χ3v) is 6.36. The molecule has 0 radical (unpaired) electrons. The molecule has 2 fully saturated rings. The van der Waals surface area contributed by atoms with Gasteiger partial charge in [0.25, 0.3) is 5.91 Å². The lowest BCUT2D eigenvalue weighted by Crippen LogP contribution is -2.31. The number of carbonyl (C=O) groups is 2. The van der Waals surface area contributed by atoms with Crippen LogP contribution in [0.3, 0.4) is 0 Å². The highest BCUT2D eigenvalue weighted by Crippen LogP contribution is 2.34. The number of hydrogen-bond donors (Lipinski definition) is 2. The van der Waals surface area contributed by atoms with Gasteiger partial charge in [0.2, 0.25) is 5.91 Å². The lowest BCUT2D eigenvalue weighted by molar-refractivity contribution is -0.129. The van der Waals surface area contributed by atoms with Crippen LogP contribution in [0.2, 0.25) is 0 Å². The number of benzene rings is 1. The third kappa shape index (κ3) is 3.23. The highest BCUT2D eigenvalue weighted by atomic mass is 16.5. The summed E-state index contributed by atoms with van der Waals surface area (Å²) in [6.45, 7) is 3.06. The Morgan fingerprint density at radius 3 is 2.87 bits per heavy atom. The Labute approximate surface area is 174 Å². The van der Waals surface area contributed by atoms with Crippen LogP contribution in [-0.2, 0) is 11.2 Å². The van der Waals surface area contributed by atoms with Crippen LogP contribution in [0, 0.1) is 0 Å². The molecule has 2 aromatic rings. The summed E-state index contributed by atoms with van der Waals surface area (Å²) in [7, 11) is 1.80. The minimum atomic E-state index is -0.386. The summed E-state index contributed by atoms with van der Waals surface area (Å²) in [5.41, 5.74) is 2.86. The van der Waals surface area contributed by atoms with E-state index in [0.717, 1.165) is 55.0 Å². The predicted molar refractivity (Wildman–Crippen MR) is 110 cm³/mol. The molecule has 3 aliphatic rings. The molecule has 1 aromatic carbocycles. The summed E-state index contributed by atoms with van der Waals surface area (Å²) >= 11 is 0. The summed E-state index contributed by atoms with van der Waals surface area (Å²) in [6, 6.07) is 5.28. The van der Waals surface area contributed by atoms with Gasteiger partial charge in [-0.05, 0) is 44.5 Å². The highest BCUT2D eigenvalue weighted by Gasteiger charge is 2.37. The number of carbonyl (C=O) groups excluding carboxylic acids is 2. The maximum atomic E-state index is 13.3. The van der Waals surface area contributed by atoms with E-state index in [2.05, 4.69) is 20.9 Å². The fourth-order valence-corrected chi connectivity index (χ4v) is 4.72. The van der Waals surface area contributed by atoms with Gasteiger partial charge in [-0.2, -0.15) is 0 Å². The molecule has 0 spiro atoms. The monoisotopic (exact) mass is 410 g/mol. The van der Waals surface area contributed by atoms with Crippen molar-refractivity contribution in [3.05, 3.63) is 35.2 Å². The molecule has 1 unspecified atom stereocenters.